The first kappa shape index (κ1) is 48.7. The molecule has 8 atom stereocenters. The van der Waals surface area contributed by atoms with Crippen molar-refractivity contribution in [3.63, 3.8) is 0 Å². The van der Waals surface area contributed by atoms with Crippen molar-refractivity contribution in [3.05, 3.63) is 12.2 Å². The van der Waals surface area contributed by atoms with Crippen LogP contribution in [-0.4, -0.2) is 112 Å². The van der Waals surface area contributed by atoms with Gasteiger partial charge in [0.1, 0.15) is 5.72 Å². The van der Waals surface area contributed by atoms with Gasteiger partial charge in [0.15, 0.2) is 17.4 Å². The number of nitrogens with two attached hydrogens (primary N) is 2. The molecule has 60 heavy (non-hydrogen) atoms. The van der Waals surface area contributed by atoms with Crippen LogP contribution in [0.25, 0.3) is 0 Å². The Hall–Kier alpha value is -2.29. The fraction of sp³-hybridized carbons (Fsp3) is 0.894. The van der Waals surface area contributed by atoms with Gasteiger partial charge in [-0.2, -0.15) is 0 Å². The van der Waals surface area contributed by atoms with E-state index in [9.17, 15) is 19.8 Å². The van der Waals surface area contributed by atoms with Gasteiger partial charge >= 0.3 is 5.97 Å². The summed E-state index contributed by atoms with van der Waals surface area (Å²) in [6.07, 6.45) is 30.0. The lowest BCUT2D eigenvalue weighted by atomic mass is 9.78. The van der Waals surface area contributed by atoms with Gasteiger partial charge < -0.3 is 51.0 Å². The fourth-order valence-electron chi connectivity index (χ4n) is 10.6. The topological polar surface area (TPSA) is 185 Å². The van der Waals surface area contributed by atoms with Gasteiger partial charge in [0.05, 0.1) is 24.9 Å². The number of ether oxygens (including phenoxy) is 3. The molecule has 2 spiro atoms. The molecule has 3 saturated heterocycles. The molecule has 0 bridgehead atoms. The van der Waals surface area contributed by atoms with Crippen LogP contribution in [0.15, 0.2) is 17.1 Å². The van der Waals surface area contributed by atoms with Gasteiger partial charge in [-0.3, -0.25) is 9.59 Å². The lowest BCUT2D eigenvalue weighted by Gasteiger charge is -2.58. The van der Waals surface area contributed by atoms with Crippen LogP contribution in [0.1, 0.15) is 187 Å². The lowest BCUT2D eigenvalue weighted by molar-refractivity contribution is -0.243. The molecular formula is C47H84N6O7. The van der Waals surface area contributed by atoms with Crippen LogP contribution in [0.5, 0.6) is 0 Å². The van der Waals surface area contributed by atoms with E-state index < -0.39 is 29.2 Å². The molecule has 0 aliphatic carbocycles. The summed E-state index contributed by atoms with van der Waals surface area (Å²) >= 11 is 0. The van der Waals surface area contributed by atoms with Crippen molar-refractivity contribution in [3.8, 4) is 0 Å². The van der Waals surface area contributed by atoms with Crippen LogP contribution < -0.4 is 16.8 Å². The van der Waals surface area contributed by atoms with Crippen molar-refractivity contribution >= 4 is 17.8 Å². The van der Waals surface area contributed by atoms with Crippen LogP contribution in [0.2, 0.25) is 0 Å². The van der Waals surface area contributed by atoms with Crippen molar-refractivity contribution in [1.29, 1.82) is 0 Å². The standard InChI is InChI=1S/C47H84N6O7/c1-3-40-24-18-19-28-45(60-40)35-38-26-30-47(57)42(46(29-21-23-37(2)59-46)51-44(50-45)53(38)47)43(56)58-34-20-16-14-12-10-8-6-4-5-7-9-11-13-15-17-25-41(55)52(33-22-31-48)36-39(54)27-32-49/h18,24,37-40,42,54,57H,3-17,19-23,25-36,48-49H2,1-2H3,(H,50,51)/t37-,38+,39+,40+,42-,45+,46-,47+/m0/s1. The Balaban J connectivity index is 0.930. The molecule has 3 fully saturated rings. The Morgan fingerprint density at radius 2 is 1.60 bits per heavy atom. The van der Waals surface area contributed by atoms with Crippen molar-refractivity contribution in [2.24, 2.45) is 22.4 Å². The van der Waals surface area contributed by atoms with Gasteiger partial charge in [-0.25, -0.2) is 4.99 Å². The Kier molecular flexibility index (Phi) is 19.9. The maximum absolute atomic E-state index is 14.1. The summed E-state index contributed by atoms with van der Waals surface area (Å²) in [5.41, 5.74) is 8.04. The summed E-state index contributed by atoms with van der Waals surface area (Å²) in [4.78, 5) is 35.8. The summed E-state index contributed by atoms with van der Waals surface area (Å²) in [7, 11) is 0. The first-order chi connectivity index (χ1) is 29.1. The molecule has 0 saturated carbocycles. The molecule has 13 nitrogen and oxygen atoms in total. The number of hydrogen-bond donors (Lipinski definition) is 5. The summed E-state index contributed by atoms with van der Waals surface area (Å²) in [6.45, 7) is 6.45. The number of guanidine groups is 1. The van der Waals surface area contributed by atoms with Gasteiger partial charge in [-0.1, -0.05) is 103 Å². The number of nitrogens with one attached hydrogen (secondary N) is 1. The van der Waals surface area contributed by atoms with E-state index in [-0.39, 0.29) is 30.1 Å². The molecule has 0 radical (unpaired) electrons. The number of allylic oxidation sites excluding steroid dienone is 1. The van der Waals surface area contributed by atoms with E-state index in [0.717, 1.165) is 83.5 Å². The highest BCUT2D eigenvalue weighted by molar-refractivity contribution is 5.87. The number of aliphatic imine (C=N–C) groups is 1. The van der Waals surface area contributed by atoms with Gasteiger partial charge in [0, 0.05) is 32.0 Å². The normalized spacial score (nSPS) is 30.2. The zero-order chi connectivity index (χ0) is 42.9. The largest absolute Gasteiger partial charge is 0.465 e. The number of esters is 1. The third-order valence-corrected chi connectivity index (χ3v) is 13.8. The third kappa shape index (κ3) is 13.4. The minimum absolute atomic E-state index is 0.0183. The van der Waals surface area contributed by atoms with E-state index in [4.69, 9.17) is 30.7 Å². The highest BCUT2D eigenvalue weighted by atomic mass is 16.6. The first-order valence-corrected chi connectivity index (χ1v) is 24.5. The second-order valence-corrected chi connectivity index (χ2v) is 18.8. The molecule has 0 unspecified atom stereocenters. The highest BCUT2D eigenvalue weighted by Gasteiger charge is 2.69. The summed E-state index contributed by atoms with van der Waals surface area (Å²) in [6, 6.07) is 0.0183. The van der Waals surface area contributed by atoms with Gasteiger partial charge in [-0.15, -0.1) is 0 Å². The van der Waals surface area contributed by atoms with E-state index in [0.29, 0.717) is 64.4 Å². The van der Waals surface area contributed by atoms with Crippen molar-refractivity contribution in [2.45, 2.75) is 229 Å². The second kappa shape index (κ2) is 24.5. The molecule has 5 rings (SSSR count). The van der Waals surface area contributed by atoms with Crippen LogP contribution >= 0.6 is 0 Å². The average Bonchev–Trinajstić information content (AvgIpc) is 3.42. The zero-order valence-corrected chi connectivity index (χ0v) is 37.6. The molecule has 5 aliphatic rings. The number of carbonyl (C=O) groups excluding carboxylic acids is 2. The molecule has 344 valence electrons. The maximum atomic E-state index is 14.1. The number of amides is 1. The third-order valence-electron chi connectivity index (χ3n) is 13.8. The first-order valence-electron chi connectivity index (χ1n) is 24.5. The van der Waals surface area contributed by atoms with E-state index in [1.54, 1.807) is 4.90 Å². The Morgan fingerprint density at radius 3 is 2.23 bits per heavy atom. The molecule has 1 amide bonds. The molecule has 0 aromatic carbocycles. The van der Waals surface area contributed by atoms with Gasteiger partial charge in [-0.05, 0) is 97.1 Å². The number of unbranched alkanes of at least 4 members (excludes halogenated alkanes) is 14. The van der Waals surface area contributed by atoms with E-state index in [1.807, 2.05) is 11.8 Å². The minimum Gasteiger partial charge on any atom is -0.465 e. The number of aliphatic hydroxyl groups is 2. The number of rotatable bonds is 27. The zero-order valence-electron chi connectivity index (χ0n) is 37.6. The van der Waals surface area contributed by atoms with E-state index >= 15 is 0 Å². The molecule has 0 aromatic rings. The smallest absolute Gasteiger partial charge is 0.318 e. The quantitative estimate of drug-likeness (QED) is 0.0329. The monoisotopic (exact) mass is 845 g/mol. The number of carbonyl (C=O) groups is 2. The number of hydrogen-bond acceptors (Lipinski definition) is 12. The van der Waals surface area contributed by atoms with Gasteiger partial charge in [0.25, 0.3) is 0 Å². The van der Waals surface area contributed by atoms with Crippen molar-refractivity contribution in [2.75, 3.05) is 32.8 Å². The number of nitrogens with zero attached hydrogens (tertiary/aromatic N) is 3. The predicted molar refractivity (Wildman–Crippen MR) is 237 cm³/mol. The highest BCUT2D eigenvalue weighted by Crippen LogP contribution is 2.54. The number of aliphatic hydroxyl groups excluding tert-OH is 1. The molecule has 0 aromatic heterocycles. The predicted octanol–water partition coefficient (Wildman–Crippen LogP) is 6.92. The van der Waals surface area contributed by atoms with Crippen molar-refractivity contribution < 1.29 is 34.0 Å². The molecular weight excluding hydrogens is 761 g/mol. The van der Waals surface area contributed by atoms with E-state index in [2.05, 4.69) is 24.4 Å². The Labute approximate surface area is 362 Å². The summed E-state index contributed by atoms with van der Waals surface area (Å²) < 4.78 is 19.4. The fourth-order valence-corrected chi connectivity index (χ4v) is 10.6. The summed E-state index contributed by atoms with van der Waals surface area (Å²) in [5.74, 6) is -0.568. The minimum atomic E-state index is -1.42. The molecule has 7 N–H and O–H groups in total. The molecule has 5 aliphatic heterocycles. The second-order valence-electron chi connectivity index (χ2n) is 18.8. The van der Waals surface area contributed by atoms with Crippen LogP contribution in [-0.2, 0) is 23.8 Å². The van der Waals surface area contributed by atoms with E-state index in [1.165, 1.54) is 64.2 Å². The average molecular weight is 845 g/mol. The van der Waals surface area contributed by atoms with Crippen LogP contribution in [0.3, 0.4) is 0 Å². The van der Waals surface area contributed by atoms with Gasteiger partial charge in [0.2, 0.25) is 11.9 Å². The van der Waals surface area contributed by atoms with Crippen LogP contribution in [0, 0.1) is 5.92 Å². The van der Waals surface area contributed by atoms with Crippen molar-refractivity contribution in [1.82, 2.24) is 15.1 Å². The Bertz CT molecular complexity index is 1370. The Morgan fingerprint density at radius 1 is 0.933 bits per heavy atom. The SMILES string of the molecule is CC[C@@H]1C=CCC[C@]2(C[C@H]3CC[C@@]4(O)[C@@H](C(=O)OCCCCCCCCCCCCCCCCCC(=O)N(CCCN)C[C@H](O)CCN)[C@@]5(CCC[C@H](C)O5)N=C(N2)N34)O1. The lowest BCUT2D eigenvalue weighted by Crippen LogP contribution is -2.75. The van der Waals surface area contributed by atoms with Crippen LogP contribution in [0.4, 0.5) is 0 Å². The summed E-state index contributed by atoms with van der Waals surface area (Å²) in [5, 5.41) is 26.3. The molecule has 13 heteroatoms. The maximum Gasteiger partial charge on any atom is 0.318 e. The molecule has 5 heterocycles.